The van der Waals surface area contributed by atoms with Gasteiger partial charge in [0.1, 0.15) is 0 Å². The molecule has 1 aliphatic heterocycles. The van der Waals surface area contributed by atoms with Crippen molar-refractivity contribution in [1.29, 1.82) is 0 Å². The maximum absolute atomic E-state index is 10.0. The van der Waals surface area contributed by atoms with E-state index in [1.807, 2.05) is 0 Å². The molecule has 3 heteroatoms. The van der Waals surface area contributed by atoms with E-state index in [0.29, 0.717) is 0 Å². The third-order valence-corrected chi connectivity index (χ3v) is 4.06. The van der Waals surface area contributed by atoms with Crippen molar-refractivity contribution in [3.8, 4) is 0 Å². The first-order chi connectivity index (χ1) is 8.59. The Labute approximate surface area is 109 Å². The van der Waals surface area contributed by atoms with Crippen LogP contribution >= 0.6 is 0 Å². The van der Waals surface area contributed by atoms with Gasteiger partial charge in [0.05, 0.1) is 24.4 Å². The van der Waals surface area contributed by atoms with Gasteiger partial charge in [0, 0.05) is 13.0 Å². The van der Waals surface area contributed by atoms with Gasteiger partial charge in [0.25, 0.3) is 0 Å². The van der Waals surface area contributed by atoms with Crippen LogP contribution in [0.3, 0.4) is 0 Å². The largest absolute Gasteiger partial charge is 0.390 e. The van der Waals surface area contributed by atoms with E-state index in [4.69, 9.17) is 9.47 Å². The summed E-state index contributed by atoms with van der Waals surface area (Å²) in [7, 11) is 1.68. The first kappa shape index (κ1) is 13.8. The molecule has 0 amide bonds. The van der Waals surface area contributed by atoms with E-state index in [-0.39, 0.29) is 23.7 Å². The standard InChI is InChI=1S/C15H24O3/c1-11(2)6-4-5-7-12-14(17-3)13(16)8-9-15(12)10-18-15/h4-6,12-14,16H,7-10H2,1-3H3/b5-4+/t12-,13+,14-,15-/m0/s1. The van der Waals surface area contributed by atoms with Crippen molar-refractivity contribution in [2.75, 3.05) is 13.7 Å². The summed E-state index contributed by atoms with van der Waals surface area (Å²) in [4.78, 5) is 0. The predicted molar refractivity (Wildman–Crippen MR) is 71.4 cm³/mol. The Morgan fingerprint density at radius 3 is 2.78 bits per heavy atom. The van der Waals surface area contributed by atoms with E-state index in [0.717, 1.165) is 25.9 Å². The molecule has 0 aromatic rings. The molecule has 3 nitrogen and oxygen atoms in total. The van der Waals surface area contributed by atoms with Crippen molar-refractivity contribution in [3.05, 3.63) is 23.8 Å². The lowest BCUT2D eigenvalue weighted by Crippen LogP contribution is -2.48. The molecular formula is C15H24O3. The first-order valence-electron chi connectivity index (χ1n) is 6.74. The third-order valence-electron chi connectivity index (χ3n) is 4.06. The summed E-state index contributed by atoms with van der Waals surface area (Å²) < 4.78 is 11.2. The summed E-state index contributed by atoms with van der Waals surface area (Å²) in [5.74, 6) is 0.271. The van der Waals surface area contributed by atoms with Gasteiger partial charge in [-0.15, -0.1) is 0 Å². The highest BCUT2D eigenvalue weighted by Gasteiger charge is 2.57. The average Bonchev–Trinajstić information content (AvgIpc) is 3.10. The molecule has 1 saturated heterocycles. The van der Waals surface area contributed by atoms with Gasteiger partial charge in [-0.1, -0.05) is 23.8 Å². The number of allylic oxidation sites excluding steroid dienone is 4. The van der Waals surface area contributed by atoms with E-state index in [2.05, 4.69) is 32.1 Å². The van der Waals surface area contributed by atoms with Crippen LogP contribution in [0, 0.1) is 5.92 Å². The summed E-state index contributed by atoms with van der Waals surface area (Å²) >= 11 is 0. The minimum Gasteiger partial charge on any atom is -0.390 e. The summed E-state index contributed by atoms with van der Waals surface area (Å²) in [6.45, 7) is 4.98. The van der Waals surface area contributed by atoms with Crippen LogP contribution < -0.4 is 0 Å². The number of aliphatic hydroxyl groups is 1. The Kier molecular flexibility index (Phi) is 4.25. The Morgan fingerprint density at radius 2 is 2.22 bits per heavy atom. The van der Waals surface area contributed by atoms with Gasteiger partial charge in [0.2, 0.25) is 0 Å². The number of hydrogen-bond donors (Lipinski definition) is 1. The molecule has 1 heterocycles. The smallest absolute Gasteiger partial charge is 0.0974 e. The second kappa shape index (κ2) is 5.55. The van der Waals surface area contributed by atoms with E-state index >= 15 is 0 Å². The van der Waals surface area contributed by atoms with Gasteiger partial charge < -0.3 is 14.6 Å². The van der Waals surface area contributed by atoms with E-state index < -0.39 is 0 Å². The van der Waals surface area contributed by atoms with Gasteiger partial charge in [-0.3, -0.25) is 0 Å². The van der Waals surface area contributed by atoms with Gasteiger partial charge in [-0.05, 0) is 33.1 Å². The normalized spacial score (nSPS) is 39.2. The van der Waals surface area contributed by atoms with Crippen molar-refractivity contribution < 1.29 is 14.6 Å². The molecule has 4 atom stereocenters. The van der Waals surface area contributed by atoms with Gasteiger partial charge >= 0.3 is 0 Å². The van der Waals surface area contributed by atoms with Crippen LogP contribution in [0.1, 0.15) is 33.1 Å². The van der Waals surface area contributed by atoms with Gasteiger partial charge in [-0.2, -0.15) is 0 Å². The topological polar surface area (TPSA) is 42.0 Å². The number of methoxy groups -OCH3 is 1. The summed E-state index contributed by atoms with van der Waals surface area (Å²) in [6.07, 6.45) is 8.52. The van der Waals surface area contributed by atoms with Crippen molar-refractivity contribution in [2.24, 2.45) is 5.92 Å². The highest BCUT2D eigenvalue weighted by atomic mass is 16.6. The molecule has 1 spiro atoms. The lowest BCUT2D eigenvalue weighted by Gasteiger charge is -2.38. The average molecular weight is 252 g/mol. The fraction of sp³-hybridized carbons (Fsp3) is 0.733. The lowest BCUT2D eigenvalue weighted by atomic mass is 9.74. The minimum atomic E-state index is -0.355. The fourth-order valence-electron chi connectivity index (χ4n) is 2.92. The van der Waals surface area contributed by atoms with Crippen LogP contribution in [0.5, 0.6) is 0 Å². The molecule has 102 valence electrons. The maximum atomic E-state index is 10.0. The Balaban J connectivity index is 2.02. The Bertz CT molecular complexity index is 338. The second-order valence-corrected chi connectivity index (χ2v) is 5.67. The zero-order valence-corrected chi connectivity index (χ0v) is 11.6. The number of hydrogen-bond acceptors (Lipinski definition) is 3. The predicted octanol–water partition coefficient (Wildman–Crippen LogP) is 2.45. The SMILES string of the molecule is CO[C@@H]1[C@H](O)CC[C@]2(CO2)[C@H]1C/C=C/C=C(C)C. The van der Waals surface area contributed by atoms with Crippen LogP contribution in [0.2, 0.25) is 0 Å². The fourth-order valence-corrected chi connectivity index (χ4v) is 2.92. The van der Waals surface area contributed by atoms with Crippen molar-refractivity contribution in [1.82, 2.24) is 0 Å². The molecule has 2 aliphatic rings. The quantitative estimate of drug-likeness (QED) is 0.617. The molecular weight excluding hydrogens is 228 g/mol. The molecule has 18 heavy (non-hydrogen) atoms. The third kappa shape index (κ3) is 2.85. The summed E-state index contributed by atoms with van der Waals surface area (Å²) in [5, 5.41) is 10.0. The number of aliphatic hydroxyl groups excluding tert-OH is 1. The summed E-state index contributed by atoms with van der Waals surface area (Å²) in [5.41, 5.74) is 1.27. The first-order valence-corrected chi connectivity index (χ1v) is 6.74. The van der Waals surface area contributed by atoms with Crippen LogP contribution in [0.25, 0.3) is 0 Å². The minimum absolute atomic E-state index is 0.0186. The lowest BCUT2D eigenvalue weighted by molar-refractivity contribution is -0.0949. The van der Waals surface area contributed by atoms with Crippen molar-refractivity contribution >= 4 is 0 Å². The Hall–Kier alpha value is -0.640. The number of rotatable bonds is 4. The molecule has 1 saturated carbocycles. The highest BCUT2D eigenvalue weighted by Crippen LogP contribution is 2.48. The molecule has 1 aliphatic carbocycles. The van der Waals surface area contributed by atoms with E-state index in [9.17, 15) is 5.11 Å². The van der Waals surface area contributed by atoms with Crippen LogP contribution in [-0.4, -0.2) is 36.6 Å². The molecule has 0 unspecified atom stereocenters. The highest BCUT2D eigenvalue weighted by molar-refractivity contribution is 5.12. The van der Waals surface area contributed by atoms with Crippen LogP contribution in [0.15, 0.2) is 23.8 Å². The van der Waals surface area contributed by atoms with E-state index in [1.54, 1.807) is 7.11 Å². The number of ether oxygens (including phenoxy) is 2. The van der Waals surface area contributed by atoms with Gasteiger partial charge in [0.15, 0.2) is 0 Å². The second-order valence-electron chi connectivity index (χ2n) is 5.67. The van der Waals surface area contributed by atoms with Crippen molar-refractivity contribution in [3.63, 3.8) is 0 Å². The van der Waals surface area contributed by atoms with Crippen molar-refractivity contribution in [2.45, 2.75) is 50.9 Å². The summed E-state index contributed by atoms with van der Waals surface area (Å²) in [6, 6.07) is 0. The maximum Gasteiger partial charge on any atom is 0.0974 e. The zero-order valence-electron chi connectivity index (χ0n) is 11.6. The molecule has 0 radical (unpaired) electrons. The monoisotopic (exact) mass is 252 g/mol. The molecule has 0 aromatic carbocycles. The molecule has 2 fully saturated rings. The molecule has 1 N–H and O–H groups in total. The molecule has 0 aromatic heterocycles. The molecule has 2 rings (SSSR count). The van der Waals surface area contributed by atoms with Crippen LogP contribution in [-0.2, 0) is 9.47 Å². The Morgan fingerprint density at radius 1 is 1.50 bits per heavy atom. The van der Waals surface area contributed by atoms with Gasteiger partial charge in [-0.25, -0.2) is 0 Å². The zero-order chi connectivity index (χ0) is 13.2. The molecule has 0 bridgehead atoms. The van der Waals surface area contributed by atoms with Crippen LogP contribution in [0.4, 0.5) is 0 Å². The van der Waals surface area contributed by atoms with E-state index in [1.165, 1.54) is 5.57 Å². The number of epoxide rings is 1.